The maximum Gasteiger partial charge on any atom is 0.382 e. The molecular formula is C10H8O3. The van der Waals surface area contributed by atoms with E-state index in [2.05, 4.69) is 5.92 Å². The standard InChI is InChI=1S/C10H8O3/c11-10(12)7-4-8-13-9-5-2-1-3-6-9/h1-3,5-6H,8H2,(H,11,12). The molecule has 0 aromatic heterocycles. The lowest BCUT2D eigenvalue weighted by molar-refractivity contribution is -0.130. The van der Waals surface area contributed by atoms with Crippen LogP contribution in [0.1, 0.15) is 0 Å². The van der Waals surface area contributed by atoms with Crippen LogP contribution in [0.3, 0.4) is 0 Å². The van der Waals surface area contributed by atoms with Crippen LogP contribution in [0, 0.1) is 11.8 Å². The van der Waals surface area contributed by atoms with Gasteiger partial charge in [-0.05, 0) is 18.1 Å². The molecule has 0 radical (unpaired) electrons. The highest BCUT2D eigenvalue weighted by Crippen LogP contribution is 2.07. The van der Waals surface area contributed by atoms with Gasteiger partial charge in [-0.3, -0.25) is 0 Å². The summed E-state index contributed by atoms with van der Waals surface area (Å²) in [4.78, 5) is 9.98. The van der Waals surface area contributed by atoms with Crippen molar-refractivity contribution >= 4 is 5.97 Å². The molecule has 0 unspecified atom stereocenters. The van der Waals surface area contributed by atoms with Crippen molar-refractivity contribution in [2.45, 2.75) is 0 Å². The van der Waals surface area contributed by atoms with E-state index in [1.54, 1.807) is 12.1 Å². The number of ether oxygens (including phenoxy) is 1. The minimum absolute atomic E-state index is 0.0936. The Morgan fingerprint density at radius 2 is 2.08 bits per heavy atom. The zero-order chi connectivity index (χ0) is 9.52. The van der Waals surface area contributed by atoms with Gasteiger partial charge in [0.2, 0.25) is 0 Å². The van der Waals surface area contributed by atoms with Crippen molar-refractivity contribution in [3.63, 3.8) is 0 Å². The molecule has 0 aliphatic carbocycles. The summed E-state index contributed by atoms with van der Waals surface area (Å²) in [5.41, 5.74) is 0. The fourth-order valence-corrected chi connectivity index (χ4v) is 0.748. The maximum atomic E-state index is 9.98. The van der Waals surface area contributed by atoms with Gasteiger partial charge in [0.15, 0.2) is 0 Å². The molecule has 66 valence electrons. The highest BCUT2D eigenvalue weighted by Gasteiger charge is 1.87. The van der Waals surface area contributed by atoms with E-state index in [9.17, 15) is 4.79 Å². The first kappa shape index (κ1) is 9.14. The van der Waals surface area contributed by atoms with Crippen LogP contribution in [-0.4, -0.2) is 17.7 Å². The summed E-state index contributed by atoms with van der Waals surface area (Å²) in [5, 5.41) is 8.18. The van der Waals surface area contributed by atoms with Crippen LogP contribution in [0.5, 0.6) is 5.75 Å². The third-order valence-electron chi connectivity index (χ3n) is 1.25. The molecular weight excluding hydrogens is 168 g/mol. The Balaban J connectivity index is 2.37. The van der Waals surface area contributed by atoms with Crippen LogP contribution in [0.25, 0.3) is 0 Å². The summed E-state index contributed by atoms with van der Waals surface area (Å²) in [5.74, 6) is 3.86. The number of para-hydroxylation sites is 1. The van der Waals surface area contributed by atoms with Gasteiger partial charge < -0.3 is 9.84 Å². The molecule has 1 N–H and O–H groups in total. The Morgan fingerprint density at radius 3 is 2.69 bits per heavy atom. The molecule has 0 saturated carbocycles. The van der Waals surface area contributed by atoms with Gasteiger partial charge in [0.25, 0.3) is 0 Å². The van der Waals surface area contributed by atoms with E-state index < -0.39 is 5.97 Å². The molecule has 0 saturated heterocycles. The Hall–Kier alpha value is -1.95. The number of rotatable bonds is 2. The van der Waals surface area contributed by atoms with Gasteiger partial charge >= 0.3 is 5.97 Å². The minimum Gasteiger partial charge on any atom is -0.481 e. The SMILES string of the molecule is O=C(O)C#CCOc1ccccc1. The normalized spacial score (nSPS) is 8.31. The summed E-state index contributed by atoms with van der Waals surface area (Å²) in [6.07, 6.45) is 0. The number of benzene rings is 1. The van der Waals surface area contributed by atoms with Gasteiger partial charge in [0.05, 0.1) is 0 Å². The number of carbonyl (C=O) groups is 1. The number of aliphatic carboxylic acids is 1. The van der Waals surface area contributed by atoms with Gasteiger partial charge in [-0.1, -0.05) is 18.2 Å². The van der Waals surface area contributed by atoms with Crippen LogP contribution in [-0.2, 0) is 4.79 Å². The first-order chi connectivity index (χ1) is 6.29. The summed E-state index contributed by atoms with van der Waals surface area (Å²) in [6, 6.07) is 9.10. The lowest BCUT2D eigenvalue weighted by Crippen LogP contribution is -1.95. The van der Waals surface area contributed by atoms with Gasteiger partial charge in [-0.15, -0.1) is 0 Å². The minimum atomic E-state index is -1.14. The van der Waals surface area contributed by atoms with Crippen molar-refractivity contribution < 1.29 is 14.6 Å². The fraction of sp³-hybridized carbons (Fsp3) is 0.100. The van der Waals surface area contributed by atoms with Crippen LogP contribution in [0.15, 0.2) is 30.3 Å². The second kappa shape index (κ2) is 4.83. The number of hydrogen-bond donors (Lipinski definition) is 1. The molecule has 1 aromatic rings. The molecule has 0 heterocycles. The zero-order valence-corrected chi connectivity index (χ0v) is 6.86. The number of carboxylic acid groups (broad SMARTS) is 1. The largest absolute Gasteiger partial charge is 0.481 e. The summed E-state index contributed by atoms with van der Waals surface area (Å²) in [7, 11) is 0. The maximum absolute atomic E-state index is 9.98. The molecule has 0 aliphatic heterocycles. The Bertz CT molecular complexity index is 332. The van der Waals surface area contributed by atoms with Gasteiger partial charge in [-0.25, -0.2) is 4.79 Å². The molecule has 0 aliphatic rings. The van der Waals surface area contributed by atoms with E-state index in [0.29, 0.717) is 5.75 Å². The number of hydrogen-bond acceptors (Lipinski definition) is 2. The predicted molar refractivity (Wildman–Crippen MR) is 47.3 cm³/mol. The number of carboxylic acids is 1. The van der Waals surface area contributed by atoms with Crippen LogP contribution < -0.4 is 4.74 Å². The lowest BCUT2D eigenvalue weighted by Gasteiger charge is -1.98. The topological polar surface area (TPSA) is 46.5 Å². The molecule has 0 bridgehead atoms. The molecule has 13 heavy (non-hydrogen) atoms. The summed E-state index contributed by atoms with van der Waals surface area (Å²) >= 11 is 0. The quantitative estimate of drug-likeness (QED) is 0.687. The molecule has 1 aromatic carbocycles. The molecule has 0 spiro atoms. The smallest absolute Gasteiger partial charge is 0.382 e. The average molecular weight is 176 g/mol. The van der Waals surface area contributed by atoms with Crippen molar-refractivity contribution in [3.05, 3.63) is 30.3 Å². The fourth-order valence-electron chi connectivity index (χ4n) is 0.748. The molecule has 3 heteroatoms. The summed E-state index contributed by atoms with van der Waals surface area (Å²) < 4.78 is 5.12. The van der Waals surface area contributed by atoms with E-state index in [-0.39, 0.29) is 6.61 Å². The zero-order valence-electron chi connectivity index (χ0n) is 6.86. The van der Waals surface area contributed by atoms with Crippen LogP contribution in [0.2, 0.25) is 0 Å². The Labute approximate surface area is 76.0 Å². The van der Waals surface area contributed by atoms with Crippen molar-refractivity contribution in [2.24, 2.45) is 0 Å². The highest BCUT2D eigenvalue weighted by atomic mass is 16.5. The monoisotopic (exact) mass is 176 g/mol. The Morgan fingerprint density at radius 1 is 1.38 bits per heavy atom. The summed E-state index contributed by atoms with van der Waals surface area (Å²) in [6.45, 7) is 0.0936. The first-order valence-corrected chi connectivity index (χ1v) is 3.68. The second-order valence-corrected chi connectivity index (χ2v) is 2.21. The van der Waals surface area contributed by atoms with Gasteiger partial charge in [0, 0.05) is 5.92 Å². The van der Waals surface area contributed by atoms with E-state index in [1.807, 2.05) is 24.1 Å². The van der Waals surface area contributed by atoms with Crippen molar-refractivity contribution in [3.8, 4) is 17.6 Å². The predicted octanol–water partition coefficient (Wildman–Crippen LogP) is 1.15. The van der Waals surface area contributed by atoms with Crippen molar-refractivity contribution in [2.75, 3.05) is 6.61 Å². The third kappa shape index (κ3) is 3.82. The van der Waals surface area contributed by atoms with Gasteiger partial charge in [-0.2, -0.15) is 0 Å². The lowest BCUT2D eigenvalue weighted by atomic mass is 10.3. The van der Waals surface area contributed by atoms with Crippen LogP contribution >= 0.6 is 0 Å². The van der Waals surface area contributed by atoms with E-state index in [0.717, 1.165) is 0 Å². The highest BCUT2D eigenvalue weighted by molar-refractivity contribution is 5.86. The van der Waals surface area contributed by atoms with Crippen LogP contribution in [0.4, 0.5) is 0 Å². The van der Waals surface area contributed by atoms with Crippen molar-refractivity contribution in [1.29, 1.82) is 0 Å². The molecule has 0 fully saturated rings. The second-order valence-electron chi connectivity index (χ2n) is 2.21. The molecule has 3 nitrogen and oxygen atoms in total. The third-order valence-corrected chi connectivity index (χ3v) is 1.25. The molecule has 1 rings (SSSR count). The Kier molecular flexibility index (Phi) is 3.40. The van der Waals surface area contributed by atoms with Crippen molar-refractivity contribution in [1.82, 2.24) is 0 Å². The van der Waals surface area contributed by atoms with E-state index in [4.69, 9.17) is 9.84 Å². The van der Waals surface area contributed by atoms with E-state index in [1.165, 1.54) is 0 Å². The molecule has 0 amide bonds. The molecule has 0 atom stereocenters. The van der Waals surface area contributed by atoms with Gasteiger partial charge in [0.1, 0.15) is 12.4 Å². The van der Waals surface area contributed by atoms with E-state index >= 15 is 0 Å². The first-order valence-electron chi connectivity index (χ1n) is 3.68. The average Bonchev–Trinajstić information content (AvgIpc) is 2.14.